The Bertz CT molecular complexity index is 719. The molecule has 1 aromatic carbocycles. The lowest BCUT2D eigenvalue weighted by molar-refractivity contribution is 0.0992. The number of para-hydroxylation sites is 2. The van der Waals surface area contributed by atoms with E-state index in [0.29, 0.717) is 11.3 Å². The van der Waals surface area contributed by atoms with Gasteiger partial charge in [-0.25, -0.2) is 0 Å². The van der Waals surface area contributed by atoms with Crippen LogP contribution in [0, 0.1) is 6.92 Å². The molecule has 0 saturated carbocycles. The maximum atomic E-state index is 12.6. The van der Waals surface area contributed by atoms with E-state index < -0.39 is 0 Å². The number of hydrogen-bond acceptors (Lipinski definition) is 3. The van der Waals surface area contributed by atoms with Gasteiger partial charge >= 0.3 is 0 Å². The third kappa shape index (κ3) is 2.97. The number of anilines is 2. The van der Waals surface area contributed by atoms with Crippen LogP contribution in [-0.4, -0.2) is 32.0 Å². The minimum Gasteiger partial charge on any atom is -0.376 e. The van der Waals surface area contributed by atoms with Gasteiger partial charge in [0.25, 0.3) is 5.91 Å². The molecule has 0 fully saturated rings. The summed E-state index contributed by atoms with van der Waals surface area (Å²) in [4.78, 5) is 30.1. The van der Waals surface area contributed by atoms with Crippen molar-refractivity contribution >= 4 is 17.3 Å². The summed E-state index contributed by atoms with van der Waals surface area (Å²) in [5, 5.41) is 0. The van der Waals surface area contributed by atoms with Gasteiger partial charge in [-0.15, -0.1) is 0 Å². The highest BCUT2D eigenvalue weighted by molar-refractivity contribution is 6.08. The third-order valence-electron chi connectivity index (χ3n) is 3.38. The molecule has 1 heterocycles. The van der Waals surface area contributed by atoms with Crippen molar-refractivity contribution < 1.29 is 4.79 Å². The molecule has 0 bridgehead atoms. The molecule has 0 aliphatic carbocycles. The number of amides is 1. The Morgan fingerprint density at radius 2 is 1.62 bits per heavy atom. The molecule has 0 atom stereocenters. The van der Waals surface area contributed by atoms with Crippen LogP contribution in [0.25, 0.3) is 0 Å². The second kappa shape index (κ2) is 5.83. The fraction of sp³-hybridized carbons (Fsp3) is 0.250. The molecule has 0 radical (unpaired) electrons. The predicted octanol–water partition coefficient (Wildman–Crippen LogP) is 2.03. The molecule has 0 aliphatic rings. The smallest absolute Gasteiger partial charge is 0.259 e. The van der Waals surface area contributed by atoms with Crippen LogP contribution in [0.4, 0.5) is 11.4 Å². The quantitative estimate of drug-likeness (QED) is 0.938. The van der Waals surface area contributed by atoms with E-state index in [1.54, 1.807) is 24.9 Å². The van der Waals surface area contributed by atoms with Gasteiger partial charge in [0.2, 0.25) is 5.56 Å². The van der Waals surface area contributed by atoms with Crippen LogP contribution in [0.2, 0.25) is 0 Å². The second-order valence-electron chi connectivity index (χ2n) is 5.11. The molecular formula is C16H19N3O2. The zero-order chi connectivity index (χ0) is 15.6. The summed E-state index contributed by atoms with van der Waals surface area (Å²) in [7, 11) is 5.60. The van der Waals surface area contributed by atoms with Gasteiger partial charge in [-0.2, -0.15) is 0 Å². The Kier molecular flexibility index (Phi) is 4.12. The Morgan fingerprint density at radius 3 is 2.19 bits per heavy atom. The summed E-state index contributed by atoms with van der Waals surface area (Å²) in [6.45, 7) is 1.72. The molecule has 0 saturated heterocycles. The van der Waals surface area contributed by atoms with E-state index in [4.69, 9.17) is 0 Å². The predicted molar refractivity (Wildman–Crippen MR) is 85.3 cm³/mol. The number of benzene rings is 1. The van der Waals surface area contributed by atoms with Gasteiger partial charge in [-0.05, 0) is 25.1 Å². The number of rotatable bonds is 3. The number of aromatic nitrogens is 1. The van der Waals surface area contributed by atoms with Crippen LogP contribution < -0.4 is 15.4 Å². The number of pyridine rings is 1. The molecule has 0 spiro atoms. The minimum atomic E-state index is -0.208. The zero-order valence-electron chi connectivity index (χ0n) is 12.7. The van der Waals surface area contributed by atoms with Gasteiger partial charge in [0.15, 0.2) is 0 Å². The number of aryl methyl sites for hydroxylation is 1. The van der Waals surface area contributed by atoms with Crippen molar-refractivity contribution in [3.63, 3.8) is 0 Å². The minimum absolute atomic E-state index is 0.155. The number of nitrogens with zero attached hydrogens (tertiary/aromatic N) is 2. The molecule has 1 N–H and O–H groups in total. The Morgan fingerprint density at radius 1 is 1.00 bits per heavy atom. The summed E-state index contributed by atoms with van der Waals surface area (Å²) in [6.07, 6.45) is 0. The highest BCUT2D eigenvalue weighted by atomic mass is 16.2. The van der Waals surface area contributed by atoms with Crippen molar-refractivity contribution in [1.82, 2.24) is 4.98 Å². The number of hydrogen-bond donors (Lipinski definition) is 1. The summed E-state index contributed by atoms with van der Waals surface area (Å²) in [5.41, 5.74) is 2.63. The first-order chi connectivity index (χ1) is 9.91. The van der Waals surface area contributed by atoms with E-state index >= 15 is 0 Å². The van der Waals surface area contributed by atoms with E-state index in [-0.39, 0.29) is 11.5 Å². The molecule has 0 unspecified atom stereocenters. The topological polar surface area (TPSA) is 56.4 Å². The van der Waals surface area contributed by atoms with E-state index in [9.17, 15) is 9.59 Å². The summed E-state index contributed by atoms with van der Waals surface area (Å²) in [6, 6.07) is 10.6. The van der Waals surface area contributed by atoms with Crippen molar-refractivity contribution in [3.8, 4) is 0 Å². The second-order valence-corrected chi connectivity index (χ2v) is 5.11. The van der Waals surface area contributed by atoms with E-state index in [1.165, 1.54) is 6.07 Å². The van der Waals surface area contributed by atoms with Crippen molar-refractivity contribution in [2.75, 3.05) is 30.9 Å². The van der Waals surface area contributed by atoms with Crippen molar-refractivity contribution in [1.29, 1.82) is 0 Å². The van der Waals surface area contributed by atoms with Crippen molar-refractivity contribution in [2.24, 2.45) is 0 Å². The van der Waals surface area contributed by atoms with Crippen LogP contribution in [0.5, 0.6) is 0 Å². The maximum absolute atomic E-state index is 12.6. The van der Waals surface area contributed by atoms with Gasteiger partial charge in [0, 0.05) is 32.9 Å². The molecule has 2 rings (SSSR count). The van der Waals surface area contributed by atoms with Gasteiger partial charge in [-0.3, -0.25) is 9.59 Å². The average molecular weight is 285 g/mol. The molecule has 0 aliphatic heterocycles. The van der Waals surface area contributed by atoms with Gasteiger partial charge in [0.05, 0.1) is 16.9 Å². The monoisotopic (exact) mass is 285 g/mol. The van der Waals surface area contributed by atoms with Crippen LogP contribution in [0.1, 0.15) is 16.1 Å². The van der Waals surface area contributed by atoms with E-state index in [0.717, 1.165) is 11.4 Å². The zero-order valence-corrected chi connectivity index (χ0v) is 12.7. The average Bonchev–Trinajstić information content (AvgIpc) is 2.45. The molecule has 110 valence electrons. The molecule has 5 nitrogen and oxygen atoms in total. The molecule has 21 heavy (non-hydrogen) atoms. The van der Waals surface area contributed by atoms with Gasteiger partial charge in [0.1, 0.15) is 0 Å². The normalized spacial score (nSPS) is 10.3. The maximum Gasteiger partial charge on any atom is 0.259 e. The SMILES string of the molecule is Cc1[nH]c(=O)ccc1C(=O)N(C)c1ccccc1N(C)C. The highest BCUT2D eigenvalue weighted by Gasteiger charge is 2.18. The first-order valence-corrected chi connectivity index (χ1v) is 6.66. The van der Waals surface area contributed by atoms with Crippen molar-refractivity contribution in [2.45, 2.75) is 6.92 Å². The van der Waals surface area contributed by atoms with Gasteiger partial charge in [-0.1, -0.05) is 12.1 Å². The van der Waals surface area contributed by atoms with Crippen LogP contribution in [-0.2, 0) is 0 Å². The molecule has 1 amide bonds. The lowest BCUT2D eigenvalue weighted by atomic mass is 10.1. The Labute approximate surface area is 123 Å². The van der Waals surface area contributed by atoms with Crippen LogP contribution >= 0.6 is 0 Å². The van der Waals surface area contributed by atoms with E-state index in [2.05, 4.69) is 4.98 Å². The Balaban J connectivity index is 2.42. The molecule has 2 aromatic rings. The number of H-pyrrole nitrogens is 1. The number of nitrogens with one attached hydrogen (secondary N) is 1. The first kappa shape index (κ1) is 14.8. The molecule has 1 aromatic heterocycles. The summed E-state index contributed by atoms with van der Waals surface area (Å²) < 4.78 is 0. The number of aromatic amines is 1. The summed E-state index contributed by atoms with van der Waals surface area (Å²) >= 11 is 0. The van der Waals surface area contributed by atoms with Crippen LogP contribution in [0.15, 0.2) is 41.2 Å². The molecule has 5 heteroatoms. The number of carbonyl (C=O) groups is 1. The van der Waals surface area contributed by atoms with Crippen LogP contribution in [0.3, 0.4) is 0 Å². The first-order valence-electron chi connectivity index (χ1n) is 6.66. The number of carbonyl (C=O) groups excluding carboxylic acids is 1. The highest BCUT2D eigenvalue weighted by Crippen LogP contribution is 2.27. The Hall–Kier alpha value is -2.56. The fourth-order valence-corrected chi connectivity index (χ4v) is 2.23. The lowest BCUT2D eigenvalue weighted by Crippen LogP contribution is -2.29. The standard InChI is InChI=1S/C16H19N3O2/c1-11-12(9-10-15(20)17-11)16(21)19(4)14-8-6-5-7-13(14)18(2)3/h5-10H,1-4H3,(H,17,20). The third-order valence-corrected chi connectivity index (χ3v) is 3.38. The van der Waals surface area contributed by atoms with Crippen molar-refractivity contribution in [3.05, 3.63) is 58.0 Å². The molecular weight excluding hydrogens is 266 g/mol. The lowest BCUT2D eigenvalue weighted by Gasteiger charge is -2.24. The fourth-order valence-electron chi connectivity index (χ4n) is 2.23. The van der Waals surface area contributed by atoms with Gasteiger partial charge < -0.3 is 14.8 Å². The summed E-state index contributed by atoms with van der Waals surface area (Å²) in [5.74, 6) is -0.155. The van der Waals surface area contributed by atoms with E-state index in [1.807, 2.05) is 43.3 Å². The largest absolute Gasteiger partial charge is 0.376 e.